The van der Waals surface area contributed by atoms with E-state index in [-0.39, 0.29) is 5.88 Å². The molecule has 2 aromatic rings. The van der Waals surface area contributed by atoms with Gasteiger partial charge in [0.1, 0.15) is 0 Å². The number of nitrogens with two attached hydrogens (primary N) is 2. The summed E-state index contributed by atoms with van der Waals surface area (Å²) >= 11 is 0. The summed E-state index contributed by atoms with van der Waals surface area (Å²) in [5.74, 6) is 0.198. The van der Waals surface area contributed by atoms with E-state index < -0.39 is 0 Å². The van der Waals surface area contributed by atoms with Gasteiger partial charge in [0, 0.05) is 30.4 Å². The minimum absolute atomic E-state index is 0.198. The number of nitrogens with zero attached hydrogens (tertiary/aromatic N) is 1. The SMILES string of the molecule is NCCn1cc2cccc(N)c2c1O. The van der Waals surface area contributed by atoms with Crippen molar-refractivity contribution in [2.24, 2.45) is 5.73 Å². The Labute approximate surface area is 81.7 Å². The second-order valence-electron chi connectivity index (χ2n) is 3.25. The molecule has 0 fully saturated rings. The highest BCUT2D eigenvalue weighted by molar-refractivity contribution is 5.97. The number of aromatic hydroxyl groups is 1. The van der Waals surface area contributed by atoms with Crippen LogP contribution >= 0.6 is 0 Å². The highest BCUT2D eigenvalue weighted by atomic mass is 16.3. The van der Waals surface area contributed by atoms with E-state index in [2.05, 4.69) is 0 Å². The zero-order valence-electron chi connectivity index (χ0n) is 7.77. The molecule has 0 spiro atoms. The largest absolute Gasteiger partial charge is 0.494 e. The summed E-state index contributed by atoms with van der Waals surface area (Å²) in [6.45, 7) is 1.09. The van der Waals surface area contributed by atoms with Gasteiger partial charge in [0.15, 0.2) is 0 Å². The van der Waals surface area contributed by atoms with E-state index in [0.717, 1.165) is 5.39 Å². The monoisotopic (exact) mass is 191 g/mol. The molecule has 0 bridgehead atoms. The van der Waals surface area contributed by atoms with Crippen LogP contribution in [0.3, 0.4) is 0 Å². The van der Waals surface area contributed by atoms with Crippen LogP contribution in [0.2, 0.25) is 0 Å². The Bertz CT molecular complexity index is 462. The normalized spacial score (nSPS) is 10.9. The predicted molar refractivity (Wildman–Crippen MR) is 57.1 cm³/mol. The number of nitrogen functional groups attached to an aromatic ring is 1. The maximum atomic E-state index is 9.83. The second kappa shape index (κ2) is 3.23. The molecule has 0 aliphatic heterocycles. The summed E-state index contributed by atoms with van der Waals surface area (Å²) < 4.78 is 1.71. The molecule has 14 heavy (non-hydrogen) atoms. The van der Waals surface area contributed by atoms with Crippen molar-refractivity contribution in [2.75, 3.05) is 12.3 Å². The molecule has 0 aliphatic rings. The van der Waals surface area contributed by atoms with Crippen molar-refractivity contribution in [3.05, 3.63) is 24.4 Å². The van der Waals surface area contributed by atoms with Gasteiger partial charge < -0.3 is 21.1 Å². The Balaban J connectivity index is 2.68. The number of hydrogen-bond acceptors (Lipinski definition) is 3. The minimum Gasteiger partial charge on any atom is -0.494 e. The number of rotatable bonds is 2. The molecule has 0 aliphatic carbocycles. The number of benzene rings is 1. The van der Waals surface area contributed by atoms with Crippen molar-refractivity contribution in [3.8, 4) is 5.88 Å². The minimum atomic E-state index is 0.198. The molecule has 0 atom stereocenters. The fourth-order valence-electron chi connectivity index (χ4n) is 1.64. The number of anilines is 1. The Morgan fingerprint density at radius 3 is 2.79 bits per heavy atom. The molecule has 1 heterocycles. The average molecular weight is 191 g/mol. The fourth-order valence-corrected chi connectivity index (χ4v) is 1.64. The van der Waals surface area contributed by atoms with Crippen LogP contribution in [0.4, 0.5) is 5.69 Å². The maximum Gasteiger partial charge on any atom is 0.201 e. The molecule has 5 N–H and O–H groups in total. The van der Waals surface area contributed by atoms with Gasteiger partial charge in [0.25, 0.3) is 0 Å². The van der Waals surface area contributed by atoms with Gasteiger partial charge in [-0.05, 0) is 6.07 Å². The quantitative estimate of drug-likeness (QED) is 0.617. The summed E-state index contributed by atoms with van der Waals surface area (Å²) in [6.07, 6.45) is 1.86. The Kier molecular flexibility index (Phi) is 2.05. The van der Waals surface area contributed by atoms with E-state index >= 15 is 0 Å². The fraction of sp³-hybridized carbons (Fsp3) is 0.200. The van der Waals surface area contributed by atoms with Crippen molar-refractivity contribution >= 4 is 16.5 Å². The van der Waals surface area contributed by atoms with Crippen LogP contribution in [0.5, 0.6) is 5.88 Å². The van der Waals surface area contributed by atoms with Gasteiger partial charge in [-0.15, -0.1) is 0 Å². The van der Waals surface area contributed by atoms with Gasteiger partial charge in [-0.25, -0.2) is 0 Å². The summed E-state index contributed by atoms with van der Waals surface area (Å²) in [6, 6.07) is 5.55. The third-order valence-electron chi connectivity index (χ3n) is 2.29. The maximum absolute atomic E-state index is 9.83. The van der Waals surface area contributed by atoms with Gasteiger partial charge in [-0.2, -0.15) is 0 Å². The first-order valence-electron chi connectivity index (χ1n) is 4.50. The lowest BCUT2D eigenvalue weighted by atomic mass is 10.2. The van der Waals surface area contributed by atoms with E-state index in [1.54, 1.807) is 10.6 Å². The van der Waals surface area contributed by atoms with E-state index in [0.29, 0.717) is 24.2 Å². The Morgan fingerprint density at radius 2 is 2.14 bits per heavy atom. The van der Waals surface area contributed by atoms with E-state index in [1.807, 2.05) is 18.3 Å². The molecule has 0 saturated carbocycles. The van der Waals surface area contributed by atoms with Crippen molar-refractivity contribution in [1.29, 1.82) is 0 Å². The molecular weight excluding hydrogens is 178 g/mol. The van der Waals surface area contributed by atoms with Gasteiger partial charge in [-0.3, -0.25) is 0 Å². The summed E-state index contributed by atoms with van der Waals surface area (Å²) in [5, 5.41) is 11.5. The third kappa shape index (κ3) is 1.20. The van der Waals surface area contributed by atoms with Gasteiger partial charge in [0.2, 0.25) is 5.88 Å². The predicted octanol–water partition coefficient (Wildman–Crippen LogP) is 0.888. The number of hydrogen-bond donors (Lipinski definition) is 3. The molecule has 0 amide bonds. The zero-order chi connectivity index (χ0) is 10.1. The van der Waals surface area contributed by atoms with Crippen molar-refractivity contribution in [1.82, 2.24) is 4.57 Å². The van der Waals surface area contributed by atoms with Crippen LogP contribution in [-0.4, -0.2) is 16.2 Å². The molecule has 1 aromatic heterocycles. The van der Waals surface area contributed by atoms with E-state index in [4.69, 9.17) is 11.5 Å². The van der Waals surface area contributed by atoms with Gasteiger partial charge in [-0.1, -0.05) is 12.1 Å². The molecular formula is C10H13N3O. The lowest BCUT2D eigenvalue weighted by Gasteiger charge is -2.01. The highest BCUT2D eigenvalue weighted by Crippen LogP contribution is 2.31. The average Bonchev–Trinajstić information content (AvgIpc) is 2.46. The van der Waals surface area contributed by atoms with E-state index in [1.165, 1.54) is 0 Å². The molecule has 0 saturated heterocycles. The van der Waals surface area contributed by atoms with Crippen molar-refractivity contribution in [2.45, 2.75) is 6.54 Å². The molecule has 4 heteroatoms. The summed E-state index contributed by atoms with van der Waals surface area (Å²) in [7, 11) is 0. The first-order chi connectivity index (χ1) is 6.74. The van der Waals surface area contributed by atoms with Gasteiger partial charge in [0.05, 0.1) is 5.39 Å². The van der Waals surface area contributed by atoms with Crippen LogP contribution in [0, 0.1) is 0 Å². The first kappa shape index (κ1) is 8.90. The van der Waals surface area contributed by atoms with Crippen molar-refractivity contribution < 1.29 is 5.11 Å². The van der Waals surface area contributed by atoms with Gasteiger partial charge >= 0.3 is 0 Å². The van der Waals surface area contributed by atoms with Crippen LogP contribution in [0.25, 0.3) is 10.8 Å². The molecule has 0 unspecified atom stereocenters. The molecule has 74 valence electrons. The second-order valence-corrected chi connectivity index (χ2v) is 3.25. The molecule has 4 nitrogen and oxygen atoms in total. The number of aromatic nitrogens is 1. The van der Waals surface area contributed by atoms with Crippen LogP contribution in [-0.2, 0) is 6.54 Å². The lowest BCUT2D eigenvalue weighted by molar-refractivity contribution is 0.424. The van der Waals surface area contributed by atoms with Crippen LogP contribution in [0.1, 0.15) is 0 Å². The highest BCUT2D eigenvalue weighted by Gasteiger charge is 2.09. The molecule has 0 radical (unpaired) electrons. The van der Waals surface area contributed by atoms with Crippen LogP contribution < -0.4 is 11.5 Å². The Hall–Kier alpha value is -1.68. The van der Waals surface area contributed by atoms with Crippen LogP contribution in [0.15, 0.2) is 24.4 Å². The standard InChI is InChI=1S/C10H13N3O/c11-4-5-13-6-7-2-1-3-8(12)9(7)10(13)14/h1-3,6,14H,4-5,11-12H2. The smallest absolute Gasteiger partial charge is 0.201 e. The third-order valence-corrected chi connectivity index (χ3v) is 2.29. The summed E-state index contributed by atoms with van der Waals surface area (Å²) in [4.78, 5) is 0. The lowest BCUT2D eigenvalue weighted by Crippen LogP contribution is -2.08. The molecule has 1 aromatic carbocycles. The summed E-state index contributed by atoms with van der Waals surface area (Å²) in [5.41, 5.74) is 11.8. The first-order valence-corrected chi connectivity index (χ1v) is 4.50. The van der Waals surface area contributed by atoms with E-state index in [9.17, 15) is 5.11 Å². The van der Waals surface area contributed by atoms with Crippen molar-refractivity contribution in [3.63, 3.8) is 0 Å². The Morgan fingerprint density at radius 1 is 1.36 bits per heavy atom. The number of fused-ring (bicyclic) bond motifs is 1. The molecule has 2 rings (SSSR count). The topological polar surface area (TPSA) is 77.2 Å². The zero-order valence-corrected chi connectivity index (χ0v) is 7.77.